The van der Waals surface area contributed by atoms with Gasteiger partial charge < -0.3 is 4.98 Å². The van der Waals surface area contributed by atoms with Crippen LogP contribution in [0.2, 0.25) is 0 Å². The van der Waals surface area contributed by atoms with Gasteiger partial charge in [0.15, 0.2) is 0 Å². The zero-order chi connectivity index (χ0) is 26.9. The van der Waals surface area contributed by atoms with E-state index in [-0.39, 0.29) is 5.82 Å². The number of H-pyrrole nitrogens is 1. The number of unbranched alkanes of at least 4 members (excludes halogenated alkanes) is 2. The number of fused-ring (bicyclic) bond motifs is 1. The Hall–Kier alpha value is 0.960. The molecule has 0 fully saturated rings. The maximum atomic E-state index is 13.3. The smallest absolute Gasteiger partial charge is 0.139 e. The third kappa shape index (κ3) is 13.0. The summed E-state index contributed by atoms with van der Waals surface area (Å²) in [6.07, 6.45) is 7.01. The summed E-state index contributed by atoms with van der Waals surface area (Å²) in [7, 11) is 16.3. The van der Waals surface area contributed by atoms with Crippen LogP contribution in [0, 0.1) is 5.82 Å². The lowest BCUT2D eigenvalue weighted by molar-refractivity contribution is 0.627. The van der Waals surface area contributed by atoms with Crippen molar-refractivity contribution in [1.29, 1.82) is 0 Å². The second kappa shape index (κ2) is 20.8. The van der Waals surface area contributed by atoms with E-state index in [2.05, 4.69) is 69.3 Å². The van der Waals surface area contributed by atoms with E-state index in [0.717, 1.165) is 35.3 Å². The van der Waals surface area contributed by atoms with Gasteiger partial charge in [0.05, 0.1) is 11.0 Å². The average molecular weight is 788 g/mol. The largest absolute Gasteiger partial charge is 0.338 e. The molecule has 2 aromatic carbocycles. The van der Waals surface area contributed by atoms with Crippen LogP contribution in [-0.2, 0) is 124 Å². The van der Waals surface area contributed by atoms with Crippen LogP contribution < -0.4 is 0 Å². The first-order valence-electron chi connectivity index (χ1n) is 10.9. The summed E-state index contributed by atoms with van der Waals surface area (Å²) in [4.78, 5) is 8.16. The fraction of sp³-hybridized carbons (Fsp3) is 0.381. The standard InChI is InChI=1S/C21H24BrFN2.S12/c1-3-5-7-14-11-19-20(12-15(14)8-6-4-2)25-21(24-19)17-10-9-16(23)13-18(17)22;1-3-5-7-9-11-12-10-8-6-4-2/h9-13H,3-8H2,1-2H3,(H,24,25);. The summed E-state index contributed by atoms with van der Waals surface area (Å²) in [5.74, 6) is 0.520. The number of aromatic nitrogens is 2. The minimum atomic E-state index is -0.254. The Morgan fingerprint density at radius 3 is 1.86 bits per heavy atom. The van der Waals surface area contributed by atoms with Gasteiger partial charge in [0, 0.05) is 121 Å². The van der Waals surface area contributed by atoms with Gasteiger partial charge in [0.1, 0.15) is 11.6 Å². The Morgan fingerprint density at radius 1 is 0.811 bits per heavy atom. The number of hydrogen-bond acceptors (Lipinski definition) is 3. The van der Waals surface area contributed by atoms with Gasteiger partial charge in [-0.25, -0.2) is 9.37 Å². The van der Waals surface area contributed by atoms with Crippen molar-refractivity contribution in [3.63, 3.8) is 0 Å². The monoisotopic (exact) mass is 786 g/mol. The van der Waals surface area contributed by atoms with Crippen molar-refractivity contribution in [2.45, 2.75) is 52.4 Å². The lowest BCUT2D eigenvalue weighted by atomic mass is 9.97. The molecule has 0 atom stereocenters. The Labute approximate surface area is 264 Å². The maximum Gasteiger partial charge on any atom is 0.139 e. The molecule has 37 heavy (non-hydrogen) atoms. The molecule has 0 radical (unpaired) electrons. The predicted molar refractivity (Wildman–Crippen MR) is 195 cm³/mol. The van der Waals surface area contributed by atoms with Crippen molar-refractivity contribution in [2.24, 2.45) is 0 Å². The normalized spacial score (nSPS) is 9.95. The minimum Gasteiger partial charge on any atom is -0.338 e. The molecule has 1 N–H and O–H groups in total. The van der Waals surface area contributed by atoms with Crippen LogP contribution in [0.1, 0.15) is 50.7 Å². The first-order valence-corrected chi connectivity index (χ1v) is 26.4. The van der Waals surface area contributed by atoms with E-state index < -0.39 is 0 Å². The van der Waals surface area contributed by atoms with Crippen LogP contribution in [0.15, 0.2) is 34.8 Å². The molecule has 2 nitrogen and oxygen atoms in total. The fourth-order valence-corrected chi connectivity index (χ4v) is 25.7. The SMILES string of the molecule is CCCCc1cc2nc(-c3ccc(F)cc3Br)[nH]c2cc1CCCC.S=S=S=S=S=S=S=S=S=S=S=S. The lowest BCUT2D eigenvalue weighted by Gasteiger charge is -2.09. The molecular weight excluding hydrogens is 764 g/mol. The van der Waals surface area contributed by atoms with Crippen molar-refractivity contribution in [2.75, 3.05) is 0 Å². The van der Waals surface area contributed by atoms with Crippen LogP contribution in [0.4, 0.5) is 4.39 Å². The number of aryl methyl sites for hydroxylation is 2. The fourth-order valence-electron chi connectivity index (χ4n) is 3.24. The molecule has 0 aliphatic carbocycles. The van der Waals surface area contributed by atoms with Gasteiger partial charge in [0.2, 0.25) is 0 Å². The van der Waals surface area contributed by atoms with Gasteiger partial charge in [-0.2, -0.15) is 0 Å². The van der Waals surface area contributed by atoms with Gasteiger partial charge in [-0.15, -0.1) is 0 Å². The van der Waals surface area contributed by atoms with E-state index in [0.29, 0.717) is 4.47 Å². The molecular formula is C21H24BrFN2S12. The summed E-state index contributed by atoms with van der Waals surface area (Å²) in [6.45, 7) is 4.45. The number of benzene rings is 2. The Balaban J connectivity index is 0.000000341. The quantitative estimate of drug-likeness (QED) is 0.286. The van der Waals surface area contributed by atoms with Crippen LogP contribution in [0.25, 0.3) is 22.4 Å². The molecule has 0 aliphatic heterocycles. The van der Waals surface area contributed by atoms with Crippen molar-refractivity contribution in [3.8, 4) is 11.4 Å². The summed E-state index contributed by atoms with van der Waals surface area (Å²) < 4.78 is 14.1. The van der Waals surface area contributed by atoms with E-state index in [1.165, 1.54) is 66.7 Å². The number of halogens is 2. The number of aromatic amines is 1. The second-order valence-corrected chi connectivity index (χ2v) is 25.8. The van der Waals surface area contributed by atoms with Gasteiger partial charge in [-0.1, -0.05) is 26.7 Å². The summed E-state index contributed by atoms with van der Waals surface area (Å²) in [5, 5.41) is 0. The van der Waals surface area contributed by atoms with E-state index in [4.69, 9.17) is 4.98 Å². The summed E-state index contributed by atoms with van der Waals surface area (Å²) >= 11 is 12.8. The molecule has 1 aromatic heterocycles. The molecule has 0 spiro atoms. The predicted octanol–water partition coefficient (Wildman–Crippen LogP) is 6.79. The van der Waals surface area contributed by atoms with E-state index >= 15 is 0 Å². The first kappa shape index (κ1) is 34.2. The molecule has 0 amide bonds. The van der Waals surface area contributed by atoms with Crippen LogP contribution in [0.5, 0.6) is 0 Å². The van der Waals surface area contributed by atoms with Gasteiger partial charge in [-0.3, -0.25) is 0 Å². The van der Waals surface area contributed by atoms with Crippen LogP contribution >= 0.6 is 15.9 Å². The third-order valence-electron chi connectivity index (χ3n) is 4.84. The second-order valence-electron chi connectivity index (χ2n) is 7.24. The highest BCUT2D eigenvalue weighted by molar-refractivity contribution is 9.10. The number of nitrogens with zero attached hydrogens (tertiary/aromatic N) is 1. The summed E-state index contributed by atoms with van der Waals surface area (Å²) in [5.41, 5.74) is 5.76. The first-order chi connectivity index (χ1) is 18.0. The highest BCUT2D eigenvalue weighted by Crippen LogP contribution is 2.30. The van der Waals surface area contributed by atoms with Crippen LogP contribution in [0.3, 0.4) is 0 Å². The van der Waals surface area contributed by atoms with E-state index in [9.17, 15) is 4.39 Å². The molecule has 0 saturated heterocycles. The lowest BCUT2D eigenvalue weighted by Crippen LogP contribution is -1.95. The molecule has 0 saturated carbocycles. The Morgan fingerprint density at radius 2 is 1.35 bits per heavy atom. The van der Waals surface area contributed by atoms with Crippen molar-refractivity contribution < 1.29 is 4.39 Å². The van der Waals surface area contributed by atoms with E-state index in [1.807, 2.05) is 0 Å². The van der Waals surface area contributed by atoms with Gasteiger partial charge in [0.25, 0.3) is 0 Å². The molecule has 16 heteroatoms. The highest BCUT2D eigenvalue weighted by Gasteiger charge is 2.12. The molecule has 0 unspecified atom stereocenters. The highest BCUT2D eigenvalue weighted by atomic mass is 79.9. The van der Waals surface area contributed by atoms with Crippen molar-refractivity contribution >= 4 is 138 Å². The van der Waals surface area contributed by atoms with E-state index in [1.54, 1.807) is 77.1 Å². The molecule has 3 aromatic rings. The molecule has 0 bridgehead atoms. The zero-order valence-corrected chi connectivity index (χ0v) is 31.1. The van der Waals surface area contributed by atoms with Gasteiger partial charge in [-0.05, 0) is 83.1 Å². The number of hydrogen-bond donors (Lipinski definition) is 1. The zero-order valence-electron chi connectivity index (χ0n) is 19.7. The molecule has 3 rings (SSSR count). The molecule has 0 aliphatic rings. The Kier molecular flexibility index (Phi) is 19.2. The van der Waals surface area contributed by atoms with Gasteiger partial charge >= 0.3 is 0 Å². The number of imidazole rings is 1. The third-order valence-corrected chi connectivity index (χ3v) is 25.5. The van der Waals surface area contributed by atoms with Crippen LogP contribution in [-0.4, -0.2) is 9.97 Å². The molecule has 204 valence electrons. The average Bonchev–Trinajstić information content (AvgIpc) is 3.30. The van der Waals surface area contributed by atoms with Crippen molar-refractivity contribution in [1.82, 2.24) is 9.97 Å². The number of rotatable bonds is 7. The topological polar surface area (TPSA) is 28.7 Å². The molecule has 1 heterocycles. The Bertz CT molecular complexity index is 1550. The maximum absolute atomic E-state index is 13.3. The number of nitrogens with one attached hydrogen (secondary N) is 1. The summed E-state index contributed by atoms with van der Waals surface area (Å²) in [6, 6.07) is 9.18. The van der Waals surface area contributed by atoms with Crippen molar-refractivity contribution in [3.05, 3.63) is 51.7 Å². The minimum absolute atomic E-state index is 0.254.